The molecule has 0 aliphatic heterocycles. The topological polar surface area (TPSA) is 54.0 Å². The third kappa shape index (κ3) is 4.44. The predicted molar refractivity (Wildman–Crippen MR) is 60.9 cm³/mol. The van der Waals surface area contributed by atoms with E-state index in [-0.39, 0.29) is 6.03 Å². The van der Waals surface area contributed by atoms with Crippen LogP contribution in [0, 0.1) is 6.92 Å². The van der Waals surface area contributed by atoms with E-state index in [1.54, 1.807) is 6.20 Å². The molecular formula is C11H17N3O. The molecule has 0 aliphatic rings. The quantitative estimate of drug-likeness (QED) is 0.744. The number of hydrogen-bond acceptors (Lipinski definition) is 2. The standard InChI is InChI=1S/C11H17N3O/c1-3-4-7-12-11(15)14-10-6-5-9(2)13-8-10/h5-6,8H,3-4,7H2,1-2H3,(H2,12,14,15). The molecule has 82 valence electrons. The van der Waals surface area contributed by atoms with Crippen LogP contribution in [0.25, 0.3) is 0 Å². The van der Waals surface area contributed by atoms with Crippen molar-refractivity contribution in [1.82, 2.24) is 10.3 Å². The van der Waals surface area contributed by atoms with Crippen molar-refractivity contribution in [1.29, 1.82) is 0 Å². The molecule has 0 bridgehead atoms. The summed E-state index contributed by atoms with van der Waals surface area (Å²) in [4.78, 5) is 15.4. The number of unbranched alkanes of at least 4 members (excludes halogenated alkanes) is 1. The first-order chi connectivity index (χ1) is 7.22. The van der Waals surface area contributed by atoms with Gasteiger partial charge < -0.3 is 10.6 Å². The largest absolute Gasteiger partial charge is 0.338 e. The van der Waals surface area contributed by atoms with Crippen LogP contribution in [0.3, 0.4) is 0 Å². The molecule has 2 N–H and O–H groups in total. The molecule has 1 heterocycles. The number of pyridine rings is 1. The van der Waals surface area contributed by atoms with E-state index in [0.717, 1.165) is 24.2 Å². The van der Waals surface area contributed by atoms with Gasteiger partial charge in [0.2, 0.25) is 0 Å². The van der Waals surface area contributed by atoms with E-state index in [1.165, 1.54) is 0 Å². The van der Waals surface area contributed by atoms with Crippen molar-refractivity contribution in [2.75, 3.05) is 11.9 Å². The second-order valence-corrected chi connectivity index (χ2v) is 3.42. The van der Waals surface area contributed by atoms with Crippen LogP contribution in [0.1, 0.15) is 25.5 Å². The van der Waals surface area contributed by atoms with Crippen LogP contribution >= 0.6 is 0 Å². The first-order valence-electron chi connectivity index (χ1n) is 5.20. The van der Waals surface area contributed by atoms with Crippen molar-refractivity contribution in [2.24, 2.45) is 0 Å². The highest BCUT2D eigenvalue weighted by molar-refractivity contribution is 5.88. The molecule has 0 aromatic carbocycles. The van der Waals surface area contributed by atoms with Gasteiger partial charge in [-0.1, -0.05) is 13.3 Å². The fourth-order valence-corrected chi connectivity index (χ4v) is 1.10. The van der Waals surface area contributed by atoms with E-state index in [9.17, 15) is 4.79 Å². The molecule has 0 aliphatic carbocycles. The van der Waals surface area contributed by atoms with Gasteiger partial charge in [-0.2, -0.15) is 0 Å². The molecule has 4 nitrogen and oxygen atoms in total. The summed E-state index contributed by atoms with van der Waals surface area (Å²) < 4.78 is 0. The molecule has 15 heavy (non-hydrogen) atoms. The number of rotatable bonds is 4. The van der Waals surface area contributed by atoms with Gasteiger partial charge in [-0.15, -0.1) is 0 Å². The van der Waals surface area contributed by atoms with E-state index < -0.39 is 0 Å². The molecule has 4 heteroatoms. The highest BCUT2D eigenvalue weighted by Gasteiger charge is 1.99. The Bertz CT molecular complexity index is 308. The molecular weight excluding hydrogens is 190 g/mol. The monoisotopic (exact) mass is 207 g/mol. The van der Waals surface area contributed by atoms with Crippen molar-refractivity contribution in [3.63, 3.8) is 0 Å². The number of aryl methyl sites for hydroxylation is 1. The molecule has 1 rings (SSSR count). The van der Waals surface area contributed by atoms with E-state index in [1.807, 2.05) is 19.1 Å². The fraction of sp³-hybridized carbons (Fsp3) is 0.455. The van der Waals surface area contributed by atoms with Crippen molar-refractivity contribution < 1.29 is 4.79 Å². The van der Waals surface area contributed by atoms with Crippen LogP contribution in [-0.2, 0) is 0 Å². The average molecular weight is 207 g/mol. The van der Waals surface area contributed by atoms with Gasteiger partial charge in [-0.3, -0.25) is 4.98 Å². The van der Waals surface area contributed by atoms with Gasteiger partial charge in [-0.05, 0) is 25.5 Å². The van der Waals surface area contributed by atoms with Crippen LogP contribution in [0.5, 0.6) is 0 Å². The van der Waals surface area contributed by atoms with Crippen LogP contribution in [0.4, 0.5) is 10.5 Å². The lowest BCUT2D eigenvalue weighted by atomic mass is 10.3. The lowest BCUT2D eigenvalue weighted by molar-refractivity contribution is 0.252. The number of nitrogens with one attached hydrogen (secondary N) is 2. The summed E-state index contributed by atoms with van der Waals surface area (Å²) in [6.07, 6.45) is 3.72. The number of hydrogen-bond donors (Lipinski definition) is 2. The minimum absolute atomic E-state index is 0.172. The van der Waals surface area contributed by atoms with Gasteiger partial charge in [0.15, 0.2) is 0 Å². The van der Waals surface area contributed by atoms with E-state index in [4.69, 9.17) is 0 Å². The van der Waals surface area contributed by atoms with E-state index >= 15 is 0 Å². The Morgan fingerprint density at radius 1 is 1.47 bits per heavy atom. The lowest BCUT2D eigenvalue weighted by Crippen LogP contribution is -2.29. The summed E-state index contributed by atoms with van der Waals surface area (Å²) in [5, 5.41) is 5.48. The Labute approximate surface area is 90.1 Å². The molecule has 1 aromatic heterocycles. The smallest absolute Gasteiger partial charge is 0.319 e. The summed E-state index contributed by atoms with van der Waals surface area (Å²) in [6, 6.07) is 3.53. The fourth-order valence-electron chi connectivity index (χ4n) is 1.10. The SMILES string of the molecule is CCCCNC(=O)Nc1ccc(C)nc1. The number of carbonyl (C=O) groups is 1. The van der Waals surface area contributed by atoms with Crippen LogP contribution < -0.4 is 10.6 Å². The average Bonchev–Trinajstić information content (AvgIpc) is 2.22. The number of nitrogens with zero attached hydrogens (tertiary/aromatic N) is 1. The maximum atomic E-state index is 11.3. The van der Waals surface area contributed by atoms with Gasteiger partial charge in [0.25, 0.3) is 0 Å². The first kappa shape index (κ1) is 11.5. The molecule has 0 saturated carbocycles. The third-order valence-corrected chi connectivity index (χ3v) is 1.99. The van der Waals surface area contributed by atoms with Crippen molar-refractivity contribution in [3.8, 4) is 0 Å². The summed E-state index contributed by atoms with van der Waals surface area (Å²) >= 11 is 0. The van der Waals surface area contributed by atoms with Crippen LogP contribution in [0.15, 0.2) is 18.3 Å². The Hall–Kier alpha value is -1.58. The Morgan fingerprint density at radius 2 is 2.27 bits per heavy atom. The lowest BCUT2D eigenvalue weighted by Gasteiger charge is -2.06. The second-order valence-electron chi connectivity index (χ2n) is 3.42. The zero-order chi connectivity index (χ0) is 11.1. The summed E-state index contributed by atoms with van der Waals surface area (Å²) in [6.45, 7) is 4.70. The normalized spacial score (nSPS) is 9.73. The maximum Gasteiger partial charge on any atom is 0.319 e. The van der Waals surface area contributed by atoms with Gasteiger partial charge in [0.1, 0.15) is 0 Å². The van der Waals surface area contributed by atoms with Crippen molar-refractivity contribution >= 4 is 11.7 Å². The van der Waals surface area contributed by atoms with Crippen LogP contribution in [0.2, 0.25) is 0 Å². The third-order valence-electron chi connectivity index (χ3n) is 1.99. The van der Waals surface area contributed by atoms with Gasteiger partial charge in [-0.25, -0.2) is 4.79 Å². The molecule has 0 saturated heterocycles. The molecule has 2 amide bonds. The predicted octanol–water partition coefficient (Wildman–Crippen LogP) is 2.31. The number of carbonyl (C=O) groups excluding carboxylic acids is 1. The summed E-state index contributed by atoms with van der Waals surface area (Å²) in [5.41, 5.74) is 1.65. The van der Waals surface area contributed by atoms with Gasteiger partial charge in [0.05, 0.1) is 11.9 Å². The van der Waals surface area contributed by atoms with Crippen LogP contribution in [-0.4, -0.2) is 17.6 Å². The number of aromatic nitrogens is 1. The van der Waals surface area contributed by atoms with Crippen molar-refractivity contribution in [2.45, 2.75) is 26.7 Å². The Morgan fingerprint density at radius 3 is 2.87 bits per heavy atom. The maximum absolute atomic E-state index is 11.3. The molecule has 0 fully saturated rings. The first-order valence-corrected chi connectivity index (χ1v) is 5.20. The highest BCUT2D eigenvalue weighted by Crippen LogP contribution is 2.04. The molecule has 0 unspecified atom stereocenters. The molecule has 1 aromatic rings. The zero-order valence-corrected chi connectivity index (χ0v) is 9.21. The highest BCUT2D eigenvalue weighted by atomic mass is 16.2. The van der Waals surface area contributed by atoms with E-state index in [2.05, 4.69) is 22.5 Å². The van der Waals surface area contributed by atoms with Gasteiger partial charge >= 0.3 is 6.03 Å². The van der Waals surface area contributed by atoms with Crippen molar-refractivity contribution in [3.05, 3.63) is 24.0 Å². The minimum Gasteiger partial charge on any atom is -0.338 e. The molecule has 0 radical (unpaired) electrons. The molecule has 0 spiro atoms. The number of anilines is 1. The number of urea groups is 1. The van der Waals surface area contributed by atoms with Gasteiger partial charge in [0, 0.05) is 12.2 Å². The summed E-state index contributed by atoms with van der Waals surface area (Å²) in [5.74, 6) is 0. The molecule has 0 atom stereocenters. The number of amides is 2. The Balaban J connectivity index is 2.34. The Kier molecular flexibility index (Phi) is 4.60. The summed E-state index contributed by atoms with van der Waals surface area (Å²) in [7, 11) is 0. The zero-order valence-electron chi connectivity index (χ0n) is 9.21. The van der Waals surface area contributed by atoms with E-state index in [0.29, 0.717) is 6.54 Å². The minimum atomic E-state index is -0.172. The second kappa shape index (κ2) is 6.01.